The Morgan fingerprint density at radius 2 is 1.95 bits per heavy atom. The summed E-state index contributed by atoms with van der Waals surface area (Å²) in [4.78, 5) is 0. The Morgan fingerprint density at radius 1 is 1.30 bits per heavy atom. The van der Waals surface area contributed by atoms with E-state index in [1.165, 1.54) is 18.2 Å². The van der Waals surface area contributed by atoms with Crippen molar-refractivity contribution in [2.24, 2.45) is 0 Å². The maximum Gasteiger partial charge on any atom is 0.573 e. The molecule has 0 aliphatic heterocycles. The van der Waals surface area contributed by atoms with Gasteiger partial charge in [0.15, 0.2) is 0 Å². The van der Waals surface area contributed by atoms with Crippen LogP contribution in [0.15, 0.2) is 24.3 Å². The largest absolute Gasteiger partial charge is 0.573 e. The Hall–Kier alpha value is -1.27. The highest BCUT2D eigenvalue weighted by atomic mass is 19.4. The monoisotopic (exact) mass is 289 g/mol. The number of benzene rings is 1. The lowest BCUT2D eigenvalue weighted by Crippen LogP contribution is -2.38. The van der Waals surface area contributed by atoms with Crippen molar-refractivity contribution in [2.75, 3.05) is 7.05 Å². The van der Waals surface area contributed by atoms with Crippen molar-refractivity contribution in [1.82, 2.24) is 5.32 Å². The second-order valence-electron chi connectivity index (χ2n) is 5.17. The van der Waals surface area contributed by atoms with Crippen molar-refractivity contribution in [2.45, 2.75) is 43.7 Å². The van der Waals surface area contributed by atoms with Gasteiger partial charge in [-0.3, -0.25) is 0 Å². The summed E-state index contributed by atoms with van der Waals surface area (Å²) in [6.45, 7) is 0. The van der Waals surface area contributed by atoms with Gasteiger partial charge in [-0.2, -0.15) is 0 Å². The highest BCUT2D eigenvalue weighted by Gasteiger charge is 2.36. The number of halogens is 3. The first-order chi connectivity index (χ1) is 9.32. The van der Waals surface area contributed by atoms with E-state index in [1.54, 1.807) is 6.07 Å². The second-order valence-corrected chi connectivity index (χ2v) is 5.17. The zero-order chi connectivity index (χ0) is 14.8. The van der Waals surface area contributed by atoms with E-state index in [2.05, 4.69) is 10.1 Å². The smallest absolute Gasteiger partial charge is 0.406 e. The highest BCUT2D eigenvalue weighted by molar-refractivity contribution is 5.33. The van der Waals surface area contributed by atoms with Gasteiger partial charge in [-0.05, 0) is 50.4 Å². The summed E-state index contributed by atoms with van der Waals surface area (Å²) in [6.07, 6.45) is -2.10. The Bertz CT molecular complexity index is 454. The fraction of sp³-hybridized carbons (Fsp3) is 0.571. The highest BCUT2D eigenvalue weighted by Crippen LogP contribution is 2.38. The molecule has 1 saturated carbocycles. The fourth-order valence-corrected chi connectivity index (χ4v) is 2.66. The molecule has 0 aromatic heterocycles. The van der Waals surface area contributed by atoms with E-state index in [0.717, 1.165) is 12.8 Å². The first kappa shape index (κ1) is 15.1. The zero-order valence-electron chi connectivity index (χ0n) is 11.2. The van der Waals surface area contributed by atoms with Crippen molar-refractivity contribution in [3.8, 4) is 5.75 Å². The zero-order valence-corrected chi connectivity index (χ0v) is 11.2. The fourth-order valence-electron chi connectivity index (χ4n) is 2.66. The summed E-state index contributed by atoms with van der Waals surface area (Å²) in [6, 6.07) is 5.97. The van der Waals surface area contributed by atoms with Crippen LogP contribution in [0.3, 0.4) is 0 Å². The van der Waals surface area contributed by atoms with Gasteiger partial charge in [0.25, 0.3) is 0 Å². The average Bonchev–Trinajstić information content (AvgIpc) is 2.38. The molecule has 0 saturated heterocycles. The number of ether oxygens (including phenoxy) is 1. The van der Waals surface area contributed by atoms with Crippen molar-refractivity contribution in [1.29, 1.82) is 0 Å². The molecule has 0 amide bonds. The molecule has 0 spiro atoms. The molecular formula is C14H18F3NO2. The van der Waals surface area contributed by atoms with Crippen LogP contribution in [0.1, 0.15) is 31.2 Å². The van der Waals surface area contributed by atoms with Crippen LogP contribution in [0.2, 0.25) is 0 Å². The number of alkyl halides is 3. The van der Waals surface area contributed by atoms with E-state index in [1.807, 2.05) is 7.05 Å². The Balaban J connectivity index is 2.14. The molecule has 0 heterocycles. The van der Waals surface area contributed by atoms with Crippen LogP contribution in [-0.4, -0.2) is 24.6 Å². The van der Waals surface area contributed by atoms with Crippen LogP contribution in [0.5, 0.6) is 5.75 Å². The Labute approximate surface area is 115 Å². The van der Waals surface area contributed by atoms with Crippen LogP contribution in [0, 0.1) is 0 Å². The molecular weight excluding hydrogens is 271 g/mol. The SMILES string of the molecule is CNC1CCC(O)(c2cccc(OC(F)(F)F)c2)CC1. The summed E-state index contributed by atoms with van der Waals surface area (Å²) < 4.78 is 40.5. The summed E-state index contributed by atoms with van der Waals surface area (Å²) in [7, 11) is 1.87. The molecule has 0 bridgehead atoms. The minimum Gasteiger partial charge on any atom is -0.406 e. The molecule has 6 heteroatoms. The van der Waals surface area contributed by atoms with Crippen molar-refractivity contribution >= 4 is 0 Å². The van der Waals surface area contributed by atoms with Crippen LogP contribution in [-0.2, 0) is 5.60 Å². The number of hydrogen-bond donors (Lipinski definition) is 2. The van der Waals surface area contributed by atoms with Crippen LogP contribution < -0.4 is 10.1 Å². The quantitative estimate of drug-likeness (QED) is 0.899. The van der Waals surface area contributed by atoms with Gasteiger partial charge in [0.05, 0.1) is 5.60 Å². The molecule has 0 atom stereocenters. The standard InChI is InChI=1S/C14H18F3NO2/c1-18-11-5-7-13(19,8-6-11)10-3-2-4-12(9-10)20-14(15,16)17/h2-4,9,11,18-19H,5-8H2,1H3. The number of hydrogen-bond acceptors (Lipinski definition) is 3. The van der Waals surface area contributed by atoms with Gasteiger partial charge in [0.1, 0.15) is 5.75 Å². The molecule has 1 aliphatic rings. The third-order valence-electron chi connectivity index (χ3n) is 3.83. The number of aliphatic hydroxyl groups is 1. The molecule has 1 fully saturated rings. The maximum absolute atomic E-state index is 12.2. The molecule has 112 valence electrons. The van der Waals surface area contributed by atoms with Gasteiger partial charge in [-0.1, -0.05) is 12.1 Å². The molecule has 2 rings (SSSR count). The summed E-state index contributed by atoms with van der Waals surface area (Å²) in [5.74, 6) is -0.292. The third kappa shape index (κ3) is 3.64. The summed E-state index contributed by atoms with van der Waals surface area (Å²) in [5, 5.41) is 13.8. The maximum atomic E-state index is 12.2. The molecule has 1 aromatic rings. The van der Waals surface area contributed by atoms with Gasteiger partial charge in [0.2, 0.25) is 0 Å². The van der Waals surface area contributed by atoms with Crippen molar-refractivity contribution in [3.63, 3.8) is 0 Å². The second kappa shape index (κ2) is 5.61. The van der Waals surface area contributed by atoms with Crippen LogP contribution in [0.4, 0.5) is 13.2 Å². The molecule has 1 aromatic carbocycles. The number of rotatable bonds is 3. The summed E-state index contributed by atoms with van der Waals surface area (Å²) >= 11 is 0. The lowest BCUT2D eigenvalue weighted by molar-refractivity contribution is -0.274. The van der Waals surface area contributed by atoms with Gasteiger partial charge in [-0.15, -0.1) is 13.2 Å². The van der Waals surface area contributed by atoms with Gasteiger partial charge in [-0.25, -0.2) is 0 Å². The summed E-state index contributed by atoms with van der Waals surface area (Å²) in [5.41, 5.74) is -0.591. The first-order valence-corrected chi connectivity index (χ1v) is 6.58. The topological polar surface area (TPSA) is 41.5 Å². The molecule has 20 heavy (non-hydrogen) atoms. The molecule has 1 aliphatic carbocycles. The lowest BCUT2D eigenvalue weighted by atomic mass is 9.78. The molecule has 3 nitrogen and oxygen atoms in total. The predicted molar refractivity (Wildman–Crippen MR) is 68.3 cm³/mol. The van der Waals surface area contributed by atoms with E-state index in [-0.39, 0.29) is 5.75 Å². The van der Waals surface area contributed by atoms with Crippen LogP contribution in [0.25, 0.3) is 0 Å². The minimum absolute atomic E-state index is 0.292. The van der Waals surface area contributed by atoms with E-state index >= 15 is 0 Å². The van der Waals surface area contributed by atoms with Gasteiger partial charge in [0, 0.05) is 6.04 Å². The van der Waals surface area contributed by atoms with Gasteiger partial charge >= 0.3 is 6.36 Å². The average molecular weight is 289 g/mol. The van der Waals surface area contributed by atoms with Crippen molar-refractivity contribution < 1.29 is 23.0 Å². The predicted octanol–water partition coefficient (Wildman–Crippen LogP) is 2.93. The Morgan fingerprint density at radius 3 is 2.50 bits per heavy atom. The van der Waals surface area contributed by atoms with E-state index in [9.17, 15) is 18.3 Å². The Kier molecular flexibility index (Phi) is 4.25. The van der Waals surface area contributed by atoms with Crippen molar-refractivity contribution in [3.05, 3.63) is 29.8 Å². The van der Waals surface area contributed by atoms with E-state index in [0.29, 0.717) is 24.4 Å². The lowest BCUT2D eigenvalue weighted by Gasteiger charge is -2.36. The molecule has 0 unspecified atom stereocenters. The van der Waals surface area contributed by atoms with Crippen LogP contribution >= 0.6 is 0 Å². The van der Waals surface area contributed by atoms with E-state index < -0.39 is 12.0 Å². The first-order valence-electron chi connectivity index (χ1n) is 6.58. The van der Waals surface area contributed by atoms with Gasteiger partial charge < -0.3 is 15.2 Å². The minimum atomic E-state index is -4.72. The molecule has 2 N–H and O–H groups in total. The molecule has 0 radical (unpaired) electrons. The third-order valence-corrected chi connectivity index (χ3v) is 3.83. The number of nitrogens with one attached hydrogen (secondary N) is 1. The van der Waals surface area contributed by atoms with E-state index in [4.69, 9.17) is 0 Å². The normalized spacial score (nSPS) is 27.4.